The van der Waals surface area contributed by atoms with Crippen LogP contribution in [0.2, 0.25) is 10.0 Å². The summed E-state index contributed by atoms with van der Waals surface area (Å²) in [5, 5.41) is 13.2. The van der Waals surface area contributed by atoms with E-state index in [9.17, 15) is 9.90 Å². The van der Waals surface area contributed by atoms with Gasteiger partial charge in [-0.3, -0.25) is 0 Å². The van der Waals surface area contributed by atoms with Crippen LogP contribution in [-0.2, 0) is 11.8 Å². The van der Waals surface area contributed by atoms with Crippen LogP contribution in [0, 0.1) is 0 Å². The molecule has 0 radical (unpaired) electrons. The summed E-state index contributed by atoms with van der Waals surface area (Å²) in [7, 11) is 4.29. The van der Waals surface area contributed by atoms with Gasteiger partial charge in [-0.25, -0.2) is 9.37 Å². The zero-order valence-corrected chi connectivity index (χ0v) is 25.7. The van der Waals surface area contributed by atoms with Gasteiger partial charge >= 0.3 is 5.97 Å². The van der Waals surface area contributed by atoms with Gasteiger partial charge in [0.15, 0.2) is 0 Å². The number of aromatic carboxylic acids is 1. The van der Waals surface area contributed by atoms with E-state index in [0.29, 0.717) is 10.6 Å². The van der Waals surface area contributed by atoms with Gasteiger partial charge in [0, 0.05) is 52.4 Å². The number of aryl methyl sites for hydroxylation is 1. The highest BCUT2D eigenvalue weighted by Crippen LogP contribution is 2.48. The third-order valence-electron chi connectivity index (χ3n) is 9.38. The standard InChI is InChI=1S/C34H34Cl2N2O2/c1-18-17-33(2,3)38(7)28-16-24-22(14-20(18)28)29(30-25(35)10-11-26(36)31(30)32(39)40)21-13-19-9-8-12-37(6)27(19)15-23(21)34(24,4)5/h10-11,13-17H,8-9,12H2,1-7H3/p+1. The zero-order chi connectivity index (χ0) is 28.9. The van der Waals surface area contributed by atoms with Gasteiger partial charge in [-0.2, -0.15) is 0 Å². The third-order valence-corrected chi connectivity index (χ3v) is 10.0. The molecule has 0 saturated heterocycles. The number of carbonyl (C=O) groups is 1. The first-order valence-corrected chi connectivity index (χ1v) is 14.6. The lowest BCUT2D eigenvalue weighted by Gasteiger charge is -2.43. The van der Waals surface area contributed by atoms with Crippen LogP contribution >= 0.6 is 23.2 Å². The molecule has 0 unspecified atom stereocenters. The predicted molar refractivity (Wildman–Crippen MR) is 166 cm³/mol. The number of carboxylic acid groups (broad SMARTS) is 1. The SMILES string of the molecule is CC1=CC(C)(C)N(C)c2cc3c(cc21)C(c1c(Cl)ccc(Cl)c1C(=O)O)=c1cc2c(cc1C3(C)C)=[N+](C)CCC2. The van der Waals surface area contributed by atoms with Crippen molar-refractivity contribution in [1.82, 2.24) is 4.58 Å². The Labute approximate surface area is 245 Å². The van der Waals surface area contributed by atoms with Crippen LogP contribution in [-0.4, -0.2) is 37.3 Å². The molecule has 0 amide bonds. The maximum atomic E-state index is 12.7. The Kier molecular flexibility index (Phi) is 6.07. The minimum atomic E-state index is -1.09. The van der Waals surface area contributed by atoms with E-state index in [-0.39, 0.29) is 21.5 Å². The molecule has 1 aliphatic carbocycles. The van der Waals surface area contributed by atoms with E-state index in [4.69, 9.17) is 23.2 Å². The Morgan fingerprint density at radius 3 is 2.40 bits per heavy atom. The molecule has 0 atom stereocenters. The molecule has 6 rings (SSSR count). The van der Waals surface area contributed by atoms with Crippen LogP contribution < -0.4 is 20.1 Å². The largest absolute Gasteiger partial charge is 0.478 e. The lowest BCUT2D eigenvalue weighted by Crippen LogP contribution is -2.44. The number of hydrogen-bond donors (Lipinski definition) is 1. The molecular weight excluding hydrogens is 539 g/mol. The van der Waals surface area contributed by atoms with Gasteiger partial charge < -0.3 is 10.0 Å². The van der Waals surface area contributed by atoms with Gasteiger partial charge in [0.05, 0.1) is 16.1 Å². The minimum Gasteiger partial charge on any atom is -0.478 e. The van der Waals surface area contributed by atoms with Gasteiger partial charge in [0.25, 0.3) is 0 Å². The molecular formula is C34H35Cl2N2O2+. The Hall–Kier alpha value is -3.08. The first-order valence-electron chi connectivity index (χ1n) is 13.8. The summed E-state index contributed by atoms with van der Waals surface area (Å²) >= 11 is 13.5. The fraction of sp³-hybridized carbons (Fsp3) is 0.353. The van der Waals surface area contributed by atoms with E-state index < -0.39 is 5.97 Å². The molecule has 0 fully saturated rings. The molecule has 206 valence electrons. The molecule has 0 aromatic heterocycles. The van der Waals surface area contributed by atoms with Crippen LogP contribution in [0.4, 0.5) is 5.69 Å². The fourth-order valence-corrected chi connectivity index (χ4v) is 7.52. The monoisotopic (exact) mass is 573 g/mol. The van der Waals surface area contributed by atoms with E-state index in [0.717, 1.165) is 46.9 Å². The van der Waals surface area contributed by atoms with Crippen LogP contribution in [0.5, 0.6) is 0 Å². The number of likely N-dealkylation sites (N-methyl/N-ethyl adjacent to an activating group) is 1. The molecule has 3 aromatic carbocycles. The summed E-state index contributed by atoms with van der Waals surface area (Å²) in [6, 6.07) is 12.4. The van der Waals surface area contributed by atoms with Crippen LogP contribution in [0.15, 0.2) is 42.5 Å². The van der Waals surface area contributed by atoms with Gasteiger partial charge in [-0.1, -0.05) is 43.1 Å². The number of carboxylic acids is 1. The number of hydrogen-bond acceptors (Lipinski definition) is 2. The Bertz CT molecular complexity index is 1810. The van der Waals surface area contributed by atoms with E-state index in [2.05, 4.69) is 88.5 Å². The number of nitrogens with zero attached hydrogens (tertiary/aromatic N) is 2. The molecule has 1 N–H and O–H groups in total. The van der Waals surface area contributed by atoms with E-state index in [1.807, 2.05) is 0 Å². The number of allylic oxidation sites excluding steroid dienone is 1. The van der Waals surface area contributed by atoms with Gasteiger partial charge in [0.1, 0.15) is 13.6 Å². The second-order valence-electron chi connectivity index (χ2n) is 12.6. The Morgan fingerprint density at radius 2 is 1.70 bits per heavy atom. The number of halogens is 2. The van der Waals surface area contributed by atoms with Crippen LogP contribution in [0.1, 0.15) is 84.8 Å². The summed E-state index contributed by atoms with van der Waals surface area (Å²) < 4.78 is 2.33. The maximum Gasteiger partial charge on any atom is 0.337 e. The number of benzene rings is 3. The van der Waals surface area contributed by atoms with Gasteiger partial charge in [-0.15, -0.1) is 0 Å². The number of rotatable bonds is 2. The van der Waals surface area contributed by atoms with Crippen LogP contribution in [0.3, 0.4) is 0 Å². The minimum absolute atomic E-state index is 0.0406. The highest BCUT2D eigenvalue weighted by atomic mass is 35.5. The van der Waals surface area contributed by atoms with Crippen molar-refractivity contribution < 1.29 is 9.90 Å². The summed E-state index contributed by atoms with van der Waals surface area (Å²) in [6.07, 6.45) is 4.36. The smallest absolute Gasteiger partial charge is 0.337 e. The van der Waals surface area contributed by atoms with E-state index >= 15 is 0 Å². The topological polar surface area (TPSA) is 43.6 Å². The molecule has 40 heavy (non-hydrogen) atoms. The molecule has 3 aromatic rings. The summed E-state index contributed by atoms with van der Waals surface area (Å²) in [5.74, 6) is -1.09. The maximum absolute atomic E-state index is 12.7. The highest BCUT2D eigenvalue weighted by molar-refractivity contribution is 6.37. The summed E-state index contributed by atoms with van der Waals surface area (Å²) in [6.45, 7) is 12.2. The molecule has 2 heterocycles. The Morgan fingerprint density at radius 1 is 1.00 bits per heavy atom. The van der Waals surface area contributed by atoms with Crippen molar-refractivity contribution in [3.05, 3.63) is 102 Å². The van der Waals surface area contributed by atoms with Crippen molar-refractivity contribution in [3.8, 4) is 0 Å². The van der Waals surface area contributed by atoms with E-state index in [1.165, 1.54) is 27.7 Å². The molecule has 4 nitrogen and oxygen atoms in total. The number of fused-ring (bicyclic) bond motifs is 4. The summed E-state index contributed by atoms with van der Waals surface area (Å²) in [4.78, 5) is 15.0. The fourth-order valence-electron chi connectivity index (χ4n) is 7.02. The molecule has 0 spiro atoms. The first-order chi connectivity index (χ1) is 18.7. The molecule has 0 saturated carbocycles. The van der Waals surface area contributed by atoms with Crippen LogP contribution in [0.25, 0.3) is 11.1 Å². The lowest BCUT2D eigenvalue weighted by atomic mass is 9.67. The second kappa shape index (κ2) is 8.96. The molecule has 2 aliphatic heterocycles. The highest BCUT2D eigenvalue weighted by Gasteiger charge is 2.39. The van der Waals surface area contributed by atoms with Crippen molar-refractivity contribution in [2.75, 3.05) is 25.5 Å². The normalized spacial score (nSPS) is 18.4. The van der Waals surface area contributed by atoms with Crippen molar-refractivity contribution in [2.24, 2.45) is 0 Å². The van der Waals surface area contributed by atoms with Crippen molar-refractivity contribution in [1.29, 1.82) is 0 Å². The second-order valence-corrected chi connectivity index (χ2v) is 13.4. The van der Waals surface area contributed by atoms with Crippen molar-refractivity contribution in [2.45, 2.75) is 58.4 Å². The van der Waals surface area contributed by atoms with Crippen molar-refractivity contribution >= 4 is 46.0 Å². The van der Waals surface area contributed by atoms with Crippen molar-refractivity contribution in [3.63, 3.8) is 0 Å². The molecule has 6 heteroatoms. The van der Waals surface area contributed by atoms with Gasteiger partial charge in [-0.05, 0) is 90.6 Å². The quantitative estimate of drug-likeness (QED) is 0.367. The average Bonchev–Trinajstić information content (AvgIpc) is 2.88. The zero-order valence-electron chi connectivity index (χ0n) is 24.2. The molecule has 3 aliphatic rings. The Balaban J connectivity index is 1.85. The number of anilines is 1. The molecule has 0 bridgehead atoms. The summed E-state index contributed by atoms with van der Waals surface area (Å²) in [5.41, 5.74) is 9.00. The van der Waals surface area contributed by atoms with Gasteiger partial charge in [0.2, 0.25) is 5.36 Å². The predicted octanol–water partition coefficient (Wildman–Crippen LogP) is 6.28. The first kappa shape index (κ1) is 27.1. The third kappa shape index (κ3) is 3.79. The van der Waals surface area contributed by atoms with E-state index in [1.54, 1.807) is 12.1 Å². The average molecular weight is 575 g/mol. The lowest BCUT2D eigenvalue weighted by molar-refractivity contribution is 0.0696.